The summed E-state index contributed by atoms with van der Waals surface area (Å²) < 4.78 is 11.8. The molecule has 7 heteroatoms. The van der Waals surface area contributed by atoms with Gasteiger partial charge in [0.25, 0.3) is 0 Å². The highest BCUT2D eigenvalue weighted by molar-refractivity contribution is 9.11. The molecule has 4 nitrogen and oxygen atoms in total. The standard InChI is InChI=1S/C12H9Br3O4/c1-6(2)12(17)18-5-10(16)19-11-8(14)3-7(13)4-9(11)15/h3-4H,1,5H2,2H3. The molecule has 0 saturated carbocycles. The summed E-state index contributed by atoms with van der Waals surface area (Å²) in [5.74, 6) is -0.996. The van der Waals surface area contributed by atoms with Gasteiger partial charge in [-0.05, 0) is 50.9 Å². The number of hydrogen-bond acceptors (Lipinski definition) is 4. The molecular formula is C12H9Br3O4. The average molecular weight is 457 g/mol. The van der Waals surface area contributed by atoms with Crippen molar-refractivity contribution in [2.45, 2.75) is 6.92 Å². The summed E-state index contributed by atoms with van der Waals surface area (Å²) in [6.07, 6.45) is 0. The van der Waals surface area contributed by atoms with Crippen LogP contribution in [0.2, 0.25) is 0 Å². The maximum absolute atomic E-state index is 11.5. The van der Waals surface area contributed by atoms with Gasteiger partial charge in [-0.15, -0.1) is 0 Å². The highest BCUT2D eigenvalue weighted by atomic mass is 79.9. The van der Waals surface area contributed by atoms with E-state index in [1.54, 1.807) is 12.1 Å². The Morgan fingerprint density at radius 3 is 2.21 bits per heavy atom. The fourth-order valence-corrected chi connectivity index (χ4v) is 3.44. The van der Waals surface area contributed by atoms with Gasteiger partial charge in [-0.3, -0.25) is 0 Å². The van der Waals surface area contributed by atoms with Crippen LogP contribution in [0.3, 0.4) is 0 Å². The van der Waals surface area contributed by atoms with E-state index in [4.69, 9.17) is 4.74 Å². The minimum atomic E-state index is -0.682. The Kier molecular flexibility index (Phi) is 6.22. The molecule has 0 amide bonds. The number of carbonyl (C=O) groups excluding carboxylic acids is 2. The molecule has 0 saturated heterocycles. The first-order valence-corrected chi connectivity index (χ1v) is 7.37. The topological polar surface area (TPSA) is 52.6 Å². The minimum Gasteiger partial charge on any atom is -0.450 e. The van der Waals surface area contributed by atoms with Crippen LogP contribution in [0.4, 0.5) is 0 Å². The predicted molar refractivity (Wildman–Crippen MR) is 81.0 cm³/mol. The summed E-state index contributed by atoms with van der Waals surface area (Å²) in [6, 6.07) is 3.46. The summed E-state index contributed by atoms with van der Waals surface area (Å²) >= 11 is 9.84. The van der Waals surface area contributed by atoms with Crippen LogP contribution in [-0.4, -0.2) is 18.5 Å². The van der Waals surface area contributed by atoms with Crippen molar-refractivity contribution in [1.29, 1.82) is 0 Å². The predicted octanol–water partition coefficient (Wildman–Crippen LogP) is 4.00. The van der Waals surface area contributed by atoms with Crippen LogP contribution >= 0.6 is 47.8 Å². The number of ether oxygens (including phenoxy) is 2. The zero-order valence-electron chi connectivity index (χ0n) is 9.84. The molecule has 0 heterocycles. The van der Waals surface area contributed by atoms with Crippen LogP contribution < -0.4 is 4.74 Å². The van der Waals surface area contributed by atoms with Gasteiger partial charge in [-0.2, -0.15) is 0 Å². The second-order valence-electron chi connectivity index (χ2n) is 3.53. The lowest BCUT2D eigenvalue weighted by atomic mass is 10.3. The molecule has 0 unspecified atom stereocenters. The SMILES string of the molecule is C=C(C)C(=O)OCC(=O)Oc1c(Br)cc(Br)cc1Br. The molecule has 0 spiro atoms. The van der Waals surface area contributed by atoms with Gasteiger partial charge in [0, 0.05) is 10.0 Å². The van der Waals surface area contributed by atoms with E-state index in [0.29, 0.717) is 14.7 Å². The van der Waals surface area contributed by atoms with Gasteiger partial charge in [0.15, 0.2) is 12.4 Å². The molecule has 0 aliphatic heterocycles. The van der Waals surface area contributed by atoms with Crippen molar-refractivity contribution >= 4 is 59.7 Å². The molecule has 19 heavy (non-hydrogen) atoms. The van der Waals surface area contributed by atoms with E-state index in [1.807, 2.05) is 0 Å². The zero-order valence-corrected chi connectivity index (χ0v) is 14.6. The van der Waals surface area contributed by atoms with Crippen molar-refractivity contribution in [3.63, 3.8) is 0 Å². The van der Waals surface area contributed by atoms with E-state index < -0.39 is 18.5 Å². The molecular weight excluding hydrogens is 448 g/mol. The van der Waals surface area contributed by atoms with Crippen LogP contribution in [0.1, 0.15) is 6.92 Å². The highest BCUT2D eigenvalue weighted by Gasteiger charge is 2.15. The number of rotatable bonds is 4. The minimum absolute atomic E-state index is 0.221. The van der Waals surface area contributed by atoms with Gasteiger partial charge < -0.3 is 9.47 Å². The summed E-state index contributed by atoms with van der Waals surface area (Å²) in [6.45, 7) is 4.43. The lowest BCUT2D eigenvalue weighted by Gasteiger charge is -2.09. The van der Waals surface area contributed by atoms with Crippen LogP contribution in [0.5, 0.6) is 5.75 Å². The summed E-state index contributed by atoms with van der Waals surface area (Å²) in [5.41, 5.74) is 0.221. The second-order valence-corrected chi connectivity index (χ2v) is 6.15. The largest absolute Gasteiger partial charge is 0.450 e. The first-order chi connectivity index (χ1) is 8.81. The molecule has 0 bridgehead atoms. The third-order valence-electron chi connectivity index (χ3n) is 1.85. The third-order valence-corrected chi connectivity index (χ3v) is 3.48. The summed E-state index contributed by atoms with van der Waals surface area (Å²) in [7, 11) is 0. The van der Waals surface area contributed by atoms with Crippen molar-refractivity contribution in [3.05, 3.63) is 37.7 Å². The van der Waals surface area contributed by atoms with Crippen molar-refractivity contribution in [2.75, 3.05) is 6.61 Å². The monoisotopic (exact) mass is 454 g/mol. The molecule has 102 valence electrons. The number of benzene rings is 1. The summed E-state index contributed by atoms with van der Waals surface area (Å²) in [4.78, 5) is 22.7. The zero-order chi connectivity index (χ0) is 14.6. The maximum Gasteiger partial charge on any atom is 0.349 e. The summed E-state index contributed by atoms with van der Waals surface area (Å²) in [5, 5.41) is 0. The molecule has 1 rings (SSSR count). The molecule has 0 N–H and O–H groups in total. The maximum atomic E-state index is 11.5. The Hall–Kier alpha value is -0.660. The van der Waals surface area contributed by atoms with Gasteiger partial charge in [0.05, 0.1) is 8.95 Å². The van der Waals surface area contributed by atoms with E-state index >= 15 is 0 Å². The third kappa shape index (κ3) is 5.08. The Bertz CT molecular complexity index is 517. The highest BCUT2D eigenvalue weighted by Crippen LogP contribution is 2.36. The van der Waals surface area contributed by atoms with Crippen LogP contribution in [0, 0.1) is 0 Å². The number of carbonyl (C=O) groups is 2. The molecule has 0 aliphatic carbocycles. The molecule has 1 aromatic carbocycles. The Morgan fingerprint density at radius 2 is 1.74 bits per heavy atom. The van der Waals surface area contributed by atoms with Crippen LogP contribution in [0.15, 0.2) is 37.7 Å². The van der Waals surface area contributed by atoms with Crippen molar-refractivity contribution in [2.24, 2.45) is 0 Å². The second kappa shape index (κ2) is 7.21. The van der Waals surface area contributed by atoms with Crippen molar-refractivity contribution in [1.82, 2.24) is 0 Å². The number of hydrogen-bond donors (Lipinski definition) is 0. The fourth-order valence-electron chi connectivity index (χ4n) is 1.02. The lowest BCUT2D eigenvalue weighted by Crippen LogP contribution is -2.19. The van der Waals surface area contributed by atoms with Crippen molar-refractivity contribution < 1.29 is 19.1 Å². The fraction of sp³-hybridized carbons (Fsp3) is 0.167. The van der Waals surface area contributed by atoms with E-state index in [-0.39, 0.29) is 5.57 Å². The average Bonchev–Trinajstić information content (AvgIpc) is 2.30. The molecule has 0 aliphatic rings. The van der Waals surface area contributed by atoms with E-state index in [1.165, 1.54) is 6.92 Å². The van der Waals surface area contributed by atoms with Gasteiger partial charge in [0.2, 0.25) is 0 Å². The van der Waals surface area contributed by atoms with Crippen LogP contribution in [-0.2, 0) is 14.3 Å². The number of halogens is 3. The van der Waals surface area contributed by atoms with E-state index in [9.17, 15) is 9.59 Å². The normalized spacial score (nSPS) is 9.89. The quantitative estimate of drug-likeness (QED) is 0.390. The number of esters is 2. The van der Waals surface area contributed by atoms with Gasteiger partial charge in [-0.1, -0.05) is 22.5 Å². The Balaban J connectivity index is 2.68. The van der Waals surface area contributed by atoms with Gasteiger partial charge >= 0.3 is 11.9 Å². The van der Waals surface area contributed by atoms with Crippen LogP contribution in [0.25, 0.3) is 0 Å². The first-order valence-electron chi connectivity index (χ1n) is 4.99. The first kappa shape index (κ1) is 16.4. The smallest absolute Gasteiger partial charge is 0.349 e. The Labute approximate surface area is 135 Å². The van der Waals surface area contributed by atoms with Gasteiger partial charge in [-0.25, -0.2) is 9.59 Å². The molecule has 0 atom stereocenters. The molecule has 0 radical (unpaired) electrons. The van der Waals surface area contributed by atoms with E-state index in [2.05, 4.69) is 59.1 Å². The Morgan fingerprint density at radius 1 is 1.21 bits per heavy atom. The van der Waals surface area contributed by atoms with Crippen molar-refractivity contribution in [3.8, 4) is 5.75 Å². The van der Waals surface area contributed by atoms with Gasteiger partial charge in [0.1, 0.15) is 0 Å². The van der Waals surface area contributed by atoms with E-state index in [0.717, 1.165) is 4.47 Å². The molecule has 1 aromatic rings. The lowest BCUT2D eigenvalue weighted by molar-refractivity contribution is -0.150. The molecule has 0 aromatic heterocycles. The molecule has 0 fully saturated rings.